The van der Waals surface area contributed by atoms with Crippen molar-refractivity contribution in [2.75, 3.05) is 6.54 Å². The van der Waals surface area contributed by atoms with Crippen molar-refractivity contribution < 1.29 is 4.42 Å². The number of hydrogen-bond donors (Lipinski definition) is 1. The molecule has 2 heterocycles. The Hall–Kier alpha value is -0.780. The number of aromatic nitrogens is 2. The van der Waals surface area contributed by atoms with Crippen LogP contribution < -0.4 is 5.32 Å². The molecular formula is C14H19BrClN3O. The molecule has 0 saturated carbocycles. The van der Waals surface area contributed by atoms with E-state index in [1.807, 2.05) is 26.1 Å². The number of furan rings is 1. The molecule has 4 nitrogen and oxygen atoms in total. The molecule has 0 aliphatic carbocycles. The molecule has 0 amide bonds. The SMILES string of the molecule is CCCNC(Cc1c(C)nn(C)c1Cl)c1ccc(Br)o1. The summed E-state index contributed by atoms with van der Waals surface area (Å²) in [4.78, 5) is 0. The fraction of sp³-hybridized carbons (Fsp3) is 0.500. The van der Waals surface area contributed by atoms with Crippen molar-refractivity contribution in [2.45, 2.75) is 32.7 Å². The van der Waals surface area contributed by atoms with Gasteiger partial charge in [0.1, 0.15) is 10.9 Å². The first-order valence-corrected chi connectivity index (χ1v) is 7.86. The van der Waals surface area contributed by atoms with E-state index in [1.165, 1.54) is 0 Å². The predicted molar refractivity (Wildman–Crippen MR) is 84.1 cm³/mol. The van der Waals surface area contributed by atoms with Gasteiger partial charge in [-0.25, -0.2) is 0 Å². The fourth-order valence-corrected chi connectivity index (χ4v) is 2.79. The third-order valence-electron chi connectivity index (χ3n) is 3.26. The number of aryl methyl sites for hydroxylation is 2. The Morgan fingerprint density at radius 2 is 2.25 bits per heavy atom. The molecule has 0 aliphatic rings. The molecule has 2 aromatic heterocycles. The largest absolute Gasteiger partial charge is 0.453 e. The number of halogens is 2. The van der Waals surface area contributed by atoms with Crippen molar-refractivity contribution in [1.29, 1.82) is 0 Å². The first-order chi connectivity index (χ1) is 9.52. The van der Waals surface area contributed by atoms with Crippen molar-refractivity contribution in [3.8, 4) is 0 Å². The Morgan fingerprint density at radius 3 is 2.75 bits per heavy atom. The van der Waals surface area contributed by atoms with Gasteiger partial charge in [-0.2, -0.15) is 5.10 Å². The van der Waals surface area contributed by atoms with Crippen LogP contribution in [0.5, 0.6) is 0 Å². The smallest absolute Gasteiger partial charge is 0.169 e. The lowest BCUT2D eigenvalue weighted by molar-refractivity contribution is 0.399. The minimum Gasteiger partial charge on any atom is -0.453 e. The van der Waals surface area contributed by atoms with Gasteiger partial charge < -0.3 is 9.73 Å². The summed E-state index contributed by atoms with van der Waals surface area (Å²) in [6.07, 6.45) is 1.83. The third-order valence-corrected chi connectivity index (χ3v) is 4.16. The van der Waals surface area contributed by atoms with Crippen LogP contribution in [0.1, 0.15) is 36.4 Å². The summed E-state index contributed by atoms with van der Waals surface area (Å²) in [5, 5.41) is 8.55. The van der Waals surface area contributed by atoms with Crippen molar-refractivity contribution in [3.63, 3.8) is 0 Å². The molecule has 1 unspecified atom stereocenters. The summed E-state index contributed by atoms with van der Waals surface area (Å²) in [7, 11) is 1.86. The van der Waals surface area contributed by atoms with E-state index < -0.39 is 0 Å². The highest BCUT2D eigenvalue weighted by Gasteiger charge is 2.20. The average molecular weight is 361 g/mol. The van der Waals surface area contributed by atoms with Gasteiger partial charge in [0.05, 0.1) is 11.7 Å². The number of nitrogens with one attached hydrogen (secondary N) is 1. The minimum absolute atomic E-state index is 0.0987. The van der Waals surface area contributed by atoms with Gasteiger partial charge in [0.2, 0.25) is 0 Å². The van der Waals surface area contributed by atoms with Gasteiger partial charge in [-0.15, -0.1) is 0 Å². The van der Waals surface area contributed by atoms with E-state index in [2.05, 4.69) is 33.3 Å². The van der Waals surface area contributed by atoms with Crippen LogP contribution in [0, 0.1) is 6.92 Å². The average Bonchev–Trinajstić information content (AvgIpc) is 2.93. The molecule has 2 rings (SSSR count). The lowest BCUT2D eigenvalue weighted by Crippen LogP contribution is -2.24. The molecule has 0 radical (unpaired) electrons. The molecular weight excluding hydrogens is 342 g/mol. The maximum atomic E-state index is 6.32. The van der Waals surface area contributed by atoms with E-state index >= 15 is 0 Å². The number of hydrogen-bond acceptors (Lipinski definition) is 3. The van der Waals surface area contributed by atoms with Gasteiger partial charge >= 0.3 is 0 Å². The van der Waals surface area contributed by atoms with Crippen LogP contribution in [-0.2, 0) is 13.5 Å². The van der Waals surface area contributed by atoms with E-state index in [4.69, 9.17) is 16.0 Å². The van der Waals surface area contributed by atoms with Crippen molar-refractivity contribution in [2.24, 2.45) is 7.05 Å². The Bertz CT molecular complexity index is 579. The monoisotopic (exact) mass is 359 g/mol. The fourth-order valence-electron chi connectivity index (χ4n) is 2.22. The molecule has 2 aromatic rings. The molecule has 6 heteroatoms. The van der Waals surface area contributed by atoms with Crippen molar-refractivity contribution in [3.05, 3.63) is 39.0 Å². The number of nitrogens with zero attached hydrogens (tertiary/aromatic N) is 2. The van der Waals surface area contributed by atoms with E-state index in [0.717, 1.165) is 41.1 Å². The molecule has 20 heavy (non-hydrogen) atoms. The molecule has 0 fully saturated rings. The zero-order valence-corrected chi connectivity index (χ0v) is 14.3. The van der Waals surface area contributed by atoms with E-state index in [-0.39, 0.29) is 6.04 Å². The van der Waals surface area contributed by atoms with Gasteiger partial charge in [-0.1, -0.05) is 18.5 Å². The summed E-state index contributed by atoms with van der Waals surface area (Å²) < 4.78 is 8.14. The van der Waals surface area contributed by atoms with E-state index in [9.17, 15) is 0 Å². The second kappa shape index (κ2) is 6.78. The van der Waals surface area contributed by atoms with Crippen LogP contribution in [0.25, 0.3) is 0 Å². The van der Waals surface area contributed by atoms with Crippen LogP contribution in [-0.4, -0.2) is 16.3 Å². The maximum Gasteiger partial charge on any atom is 0.169 e. The summed E-state index contributed by atoms with van der Waals surface area (Å²) >= 11 is 9.67. The molecule has 0 saturated heterocycles. The van der Waals surface area contributed by atoms with Gasteiger partial charge in [-0.3, -0.25) is 4.68 Å². The molecule has 0 aliphatic heterocycles. The lowest BCUT2D eigenvalue weighted by Gasteiger charge is -2.16. The molecule has 1 atom stereocenters. The van der Waals surface area contributed by atoms with Crippen LogP contribution in [0.2, 0.25) is 5.15 Å². The zero-order valence-electron chi connectivity index (χ0n) is 11.9. The summed E-state index contributed by atoms with van der Waals surface area (Å²) in [5.41, 5.74) is 2.03. The maximum absolute atomic E-state index is 6.32. The Labute approximate surface area is 132 Å². The second-order valence-electron chi connectivity index (χ2n) is 4.83. The second-order valence-corrected chi connectivity index (χ2v) is 5.97. The van der Waals surface area contributed by atoms with Crippen molar-refractivity contribution in [1.82, 2.24) is 15.1 Å². The molecule has 0 aromatic carbocycles. The zero-order chi connectivity index (χ0) is 14.7. The van der Waals surface area contributed by atoms with Crippen LogP contribution in [0.15, 0.2) is 21.2 Å². The Morgan fingerprint density at radius 1 is 1.50 bits per heavy atom. The van der Waals surface area contributed by atoms with E-state index in [1.54, 1.807) is 4.68 Å². The van der Waals surface area contributed by atoms with Gasteiger partial charge in [-0.05, 0) is 54.4 Å². The highest BCUT2D eigenvalue weighted by Crippen LogP contribution is 2.28. The third kappa shape index (κ3) is 3.45. The normalized spacial score (nSPS) is 12.8. The van der Waals surface area contributed by atoms with E-state index in [0.29, 0.717) is 5.15 Å². The highest BCUT2D eigenvalue weighted by molar-refractivity contribution is 9.10. The standard InChI is InChI=1S/C14H19BrClN3O/c1-4-7-17-11(12-5-6-13(15)20-12)8-10-9(2)18-19(3)14(10)16/h5-6,11,17H,4,7-8H2,1-3H3. The number of rotatable bonds is 6. The molecule has 110 valence electrons. The summed E-state index contributed by atoms with van der Waals surface area (Å²) in [6.45, 7) is 5.06. The first kappa shape index (κ1) is 15.6. The molecule has 1 N–H and O–H groups in total. The van der Waals surface area contributed by atoms with Gasteiger partial charge in [0.25, 0.3) is 0 Å². The first-order valence-electron chi connectivity index (χ1n) is 6.69. The lowest BCUT2D eigenvalue weighted by atomic mass is 10.0. The Kier molecular flexibility index (Phi) is 5.29. The highest BCUT2D eigenvalue weighted by atomic mass is 79.9. The quantitative estimate of drug-likeness (QED) is 0.846. The minimum atomic E-state index is 0.0987. The summed E-state index contributed by atoms with van der Waals surface area (Å²) in [5.74, 6) is 0.907. The van der Waals surface area contributed by atoms with Crippen LogP contribution in [0.3, 0.4) is 0 Å². The summed E-state index contributed by atoms with van der Waals surface area (Å²) in [6, 6.07) is 3.99. The van der Waals surface area contributed by atoms with Crippen molar-refractivity contribution >= 4 is 27.5 Å². The topological polar surface area (TPSA) is 43.0 Å². The predicted octanol–water partition coefficient (Wildman–Crippen LogP) is 4.02. The Balaban J connectivity index is 2.23. The van der Waals surface area contributed by atoms with Crippen LogP contribution >= 0.6 is 27.5 Å². The molecule has 0 spiro atoms. The van der Waals surface area contributed by atoms with Crippen LogP contribution in [0.4, 0.5) is 0 Å². The van der Waals surface area contributed by atoms with Gasteiger partial charge in [0, 0.05) is 12.6 Å². The van der Waals surface area contributed by atoms with Gasteiger partial charge in [0.15, 0.2) is 4.67 Å². The molecule has 0 bridgehead atoms.